The lowest BCUT2D eigenvalue weighted by molar-refractivity contribution is 0.621. The maximum atomic E-state index is 13.3. The van der Waals surface area contributed by atoms with Crippen LogP contribution in [-0.4, -0.2) is 9.55 Å². The van der Waals surface area contributed by atoms with E-state index in [-0.39, 0.29) is 5.82 Å². The molecule has 0 aliphatic carbocycles. The highest BCUT2D eigenvalue weighted by atomic mass is 79.9. The predicted octanol–water partition coefficient (Wildman–Crippen LogP) is 3.60. The summed E-state index contributed by atoms with van der Waals surface area (Å²) >= 11 is 3.21. The van der Waals surface area contributed by atoms with Crippen LogP contribution >= 0.6 is 15.9 Å². The van der Waals surface area contributed by atoms with E-state index in [1.54, 1.807) is 12.1 Å². The summed E-state index contributed by atoms with van der Waals surface area (Å²) in [5.74, 6) is 0.511. The molecule has 20 heavy (non-hydrogen) atoms. The van der Waals surface area contributed by atoms with Gasteiger partial charge in [-0.15, -0.1) is 0 Å². The summed E-state index contributed by atoms with van der Waals surface area (Å²) < 4.78 is 15.8. The molecule has 1 aromatic heterocycles. The fourth-order valence-corrected chi connectivity index (χ4v) is 2.71. The van der Waals surface area contributed by atoms with Gasteiger partial charge in [0.1, 0.15) is 11.6 Å². The molecule has 0 saturated carbocycles. The summed E-state index contributed by atoms with van der Waals surface area (Å²) in [4.78, 5) is 4.66. The van der Waals surface area contributed by atoms with Crippen molar-refractivity contribution in [1.82, 2.24) is 9.55 Å². The third-order valence-corrected chi connectivity index (χ3v) is 4.00. The molecule has 0 atom stereocenters. The molecular weight excluding hydrogens is 321 g/mol. The third-order valence-electron chi connectivity index (χ3n) is 3.39. The number of halogens is 2. The van der Waals surface area contributed by atoms with Crippen molar-refractivity contribution in [3.63, 3.8) is 0 Å². The van der Waals surface area contributed by atoms with Gasteiger partial charge in [0.2, 0.25) is 0 Å². The van der Waals surface area contributed by atoms with Crippen LogP contribution in [0.1, 0.15) is 5.56 Å². The van der Waals surface area contributed by atoms with Crippen LogP contribution in [0, 0.1) is 5.82 Å². The summed E-state index contributed by atoms with van der Waals surface area (Å²) in [6.07, 6.45) is 0. The van der Waals surface area contributed by atoms with Crippen molar-refractivity contribution in [2.24, 2.45) is 12.8 Å². The number of hydrogen-bond donors (Lipinski definition) is 1. The quantitative estimate of drug-likeness (QED) is 0.778. The van der Waals surface area contributed by atoms with Crippen molar-refractivity contribution in [2.45, 2.75) is 6.54 Å². The van der Waals surface area contributed by atoms with Crippen LogP contribution in [0.5, 0.6) is 0 Å². The Bertz CT molecular complexity index is 795. The van der Waals surface area contributed by atoms with Crippen LogP contribution in [0.2, 0.25) is 0 Å². The van der Waals surface area contributed by atoms with Crippen molar-refractivity contribution in [1.29, 1.82) is 0 Å². The first-order valence-electron chi connectivity index (χ1n) is 6.21. The van der Waals surface area contributed by atoms with E-state index in [4.69, 9.17) is 5.73 Å². The predicted molar refractivity (Wildman–Crippen MR) is 81.7 cm³/mol. The Morgan fingerprint density at radius 2 is 2.10 bits per heavy atom. The summed E-state index contributed by atoms with van der Waals surface area (Å²) in [7, 11) is 1.95. The number of para-hydroxylation sites is 1. The minimum atomic E-state index is -0.282. The SMILES string of the molecule is Cn1c(-c2ccc(F)c(Br)c2)nc2c(CN)cccc21. The minimum Gasteiger partial charge on any atom is -0.327 e. The van der Waals surface area contributed by atoms with Gasteiger partial charge in [0.25, 0.3) is 0 Å². The Morgan fingerprint density at radius 1 is 1.30 bits per heavy atom. The van der Waals surface area contributed by atoms with Gasteiger partial charge < -0.3 is 10.3 Å². The van der Waals surface area contributed by atoms with Gasteiger partial charge in [-0.3, -0.25) is 0 Å². The number of aromatic nitrogens is 2. The Kier molecular flexibility index (Phi) is 3.31. The van der Waals surface area contributed by atoms with Crippen molar-refractivity contribution < 1.29 is 4.39 Å². The topological polar surface area (TPSA) is 43.8 Å². The van der Waals surface area contributed by atoms with Crippen molar-refractivity contribution in [3.05, 3.63) is 52.3 Å². The third kappa shape index (κ3) is 2.03. The summed E-state index contributed by atoms with van der Waals surface area (Å²) in [5, 5.41) is 0. The van der Waals surface area contributed by atoms with Crippen LogP contribution in [0.15, 0.2) is 40.9 Å². The standard InChI is InChI=1S/C15H13BrFN3/c1-20-13-4-2-3-10(8-18)14(13)19-15(20)9-5-6-12(17)11(16)7-9/h2-7H,8,18H2,1H3. The molecule has 0 radical (unpaired) electrons. The molecule has 0 bridgehead atoms. The molecule has 3 aromatic rings. The Labute approximate surface area is 124 Å². The number of fused-ring (bicyclic) bond motifs is 1. The summed E-state index contributed by atoms with van der Waals surface area (Å²) in [6.45, 7) is 0.445. The lowest BCUT2D eigenvalue weighted by Gasteiger charge is -2.03. The summed E-state index contributed by atoms with van der Waals surface area (Å²) in [5.41, 5.74) is 9.53. The van der Waals surface area contributed by atoms with Gasteiger partial charge in [0, 0.05) is 19.2 Å². The molecule has 2 aromatic carbocycles. The number of hydrogen-bond acceptors (Lipinski definition) is 2. The second-order valence-corrected chi connectivity index (χ2v) is 5.47. The number of nitrogens with zero attached hydrogens (tertiary/aromatic N) is 2. The molecule has 3 nitrogen and oxygen atoms in total. The molecule has 0 unspecified atom stereocenters. The zero-order valence-electron chi connectivity index (χ0n) is 10.9. The Balaban J connectivity index is 2.26. The number of aryl methyl sites for hydroxylation is 1. The highest BCUT2D eigenvalue weighted by Crippen LogP contribution is 2.28. The molecule has 3 rings (SSSR count). The fraction of sp³-hybridized carbons (Fsp3) is 0.133. The van der Waals surface area contributed by atoms with E-state index in [0.29, 0.717) is 11.0 Å². The lowest BCUT2D eigenvalue weighted by atomic mass is 10.2. The van der Waals surface area contributed by atoms with Gasteiger partial charge in [-0.1, -0.05) is 12.1 Å². The van der Waals surface area contributed by atoms with Crippen LogP contribution in [0.4, 0.5) is 4.39 Å². The maximum absolute atomic E-state index is 13.3. The number of rotatable bonds is 2. The molecule has 0 aliphatic rings. The zero-order valence-corrected chi connectivity index (χ0v) is 12.5. The molecule has 0 amide bonds. The normalized spacial score (nSPS) is 11.2. The molecule has 0 fully saturated rings. The number of nitrogens with two attached hydrogens (primary N) is 1. The molecule has 0 spiro atoms. The zero-order chi connectivity index (χ0) is 14.3. The van der Waals surface area contributed by atoms with Crippen LogP contribution in [-0.2, 0) is 13.6 Å². The molecule has 5 heteroatoms. The first-order valence-corrected chi connectivity index (χ1v) is 7.01. The molecule has 0 aliphatic heterocycles. The van der Waals surface area contributed by atoms with E-state index < -0.39 is 0 Å². The lowest BCUT2D eigenvalue weighted by Crippen LogP contribution is -1.97. The first kappa shape index (κ1) is 13.3. The van der Waals surface area contributed by atoms with Gasteiger partial charge in [0.15, 0.2) is 0 Å². The smallest absolute Gasteiger partial charge is 0.140 e. The largest absolute Gasteiger partial charge is 0.327 e. The molecule has 2 N–H and O–H groups in total. The van der Waals surface area contributed by atoms with E-state index in [1.807, 2.05) is 29.8 Å². The van der Waals surface area contributed by atoms with Gasteiger partial charge in [-0.2, -0.15) is 0 Å². The van der Waals surface area contributed by atoms with Gasteiger partial charge in [-0.05, 0) is 45.8 Å². The summed E-state index contributed by atoms with van der Waals surface area (Å²) in [6, 6.07) is 10.8. The fourth-order valence-electron chi connectivity index (χ4n) is 2.33. The van der Waals surface area contributed by atoms with Crippen molar-refractivity contribution in [2.75, 3.05) is 0 Å². The van der Waals surface area contributed by atoms with Gasteiger partial charge in [0.05, 0.1) is 15.5 Å². The van der Waals surface area contributed by atoms with Gasteiger partial charge >= 0.3 is 0 Å². The number of imidazole rings is 1. The highest BCUT2D eigenvalue weighted by Gasteiger charge is 2.13. The second kappa shape index (κ2) is 5.00. The van der Waals surface area contributed by atoms with E-state index in [2.05, 4.69) is 20.9 Å². The number of benzene rings is 2. The van der Waals surface area contributed by atoms with E-state index in [9.17, 15) is 4.39 Å². The van der Waals surface area contributed by atoms with Crippen LogP contribution < -0.4 is 5.73 Å². The van der Waals surface area contributed by atoms with Crippen molar-refractivity contribution in [3.8, 4) is 11.4 Å². The Hall–Kier alpha value is -1.72. The molecule has 0 saturated heterocycles. The first-order chi connectivity index (χ1) is 9.61. The molecular formula is C15H13BrFN3. The highest BCUT2D eigenvalue weighted by molar-refractivity contribution is 9.10. The maximum Gasteiger partial charge on any atom is 0.140 e. The van der Waals surface area contributed by atoms with Gasteiger partial charge in [-0.25, -0.2) is 9.37 Å². The second-order valence-electron chi connectivity index (χ2n) is 4.61. The van der Waals surface area contributed by atoms with E-state index in [1.165, 1.54) is 6.07 Å². The average molecular weight is 334 g/mol. The van der Waals surface area contributed by atoms with Crippen LogP contribution in [0.3, 0.4) is 0 Å². The van der Waals surface area contributed by atoms with Crippen LogP contribution in [0.25, 0.3) is 22.4 Å². The minimum absolute atomic E-state index is 0.282. The van der Waals surface area contributed by atoms with E-state index >= 15 is 0 Å². The monoisotopic (exact) mass is 333 g/mol. The molecule has 102 valence electrons. The van der Waals surface area contributed by atoms with E-state index in [0.717, 1.165) is 28.0 Å². The average Bonchev–Trinajstić information content (AvgIpc) is 2.79. The molecule has 1 heterocycles. The Morgan fingerprint density at radius 3 is 2.80 bits per heavy atom. The van der Waals surface area contributed by atoms with Crippen molar-refractivity contribution >= 4 is 27.0 Å².